The van der Waals surface area contributed by atoms with Crippen LogP contribution in [0.25, 0.3) is 11.1 Å². The van der Waals surface area contributed by atoms with Crippen LogP contribution in [-0.2, 0) is 10.8 Å². The minimum absolute atomic E-state index is 0.0796. The first-order valence-electron chi connectivity index (χ1n) is 23.9. The molecule has 0 saturated heterocycles. The monoisotopic (exact) mass is 843 g/mol. The highest BCUT2D eigenvalue weighted by molar-refractivity contribution is 7.19. The fourth-order valence-electron chi connectivity index (χ4n) is 14.4. The Morgan fingerprint density at radius 2 is 0.859 bits per heavy atom. The summed E-state index contributed by atoms with van der Waals surface area (Å²) < 4.78 is 0. The lowest BCUT2D eigenvalue weighted by molar-refractivity contribution is 0.0822. The highest BCUT2D eigenvalue weighted by Crippen LogP contribution is 2.75. The van der Waals surface area contributed by atoms with Gasteiger partial charge in [-0.1, -0.05) is 197 Å². The van der Waals surface area contributed by atoms with Crippen molar-refractivity contribution < 1.29 is 0 Å². The number of hydrogen-bond acceptors (Lipinski definition) is 1. The van der Waals surface area contributed by atoms with Crippen molar-refractivity contribution in [2.24, 2.45) is 23.7 Å². The Hall–Kier alpha value is -6.22. The molecular formula is C62H57NSi. The number of rotatable bonds is 8. The summed E-state index contributed by atoms with van der Waals surface area (Å²) in [4.78, 5) is 2.50. The molecule has 64 heavy (non-hydrogen) atoms. The van der Waals surface area contributed by atoms with Crippen LogP contribution in [0.1, 0.15) is 74.6 Å². The van der Waals surface area contributed by atoms with Gasteiger partial charge in [0.15, 0.2) is 8.07 Å². The predicted octanol–water partition coefficient (Wildman–Crippen LogP) is 12.9. The molecule has 0 aromatic heterocycles. The summed E-state index contributed by atoms with van der Waals surface area (Å²) in [6.07, 6.45) is 5.49. The molecule has 314 valence electrons. The van der Waals surface area contributed by atoms with Crippen LogP contribution in [0.2, 0.25) is 0 Å². The Bertz CT molecular complexity index is 2830. The molecule has 2 bridgehead atoms. The van der Waals surface area contributed by atoms with Crippen LogP contribution in [0.4, 0.5) is 17.1 Å². The fourth-order valence-corrected chi connectivity index (χ4v) is 19.1. The van der Waals surface area contributed by atoms with Crippen LogP contribution in [-0.4, -0.2) is 8.07 Å². The van der Waals surface area contributed by atoms with E-state index < -0.39 is 8.07 Å². The van der Waals surface area contributed by atoms with Gasteiger partial charge in [-0.25, -0.2) is 0 Å². The minimum atomic E-state index is -2.59. The van der Waals surface area contributed by atoms with Gasteiger partial charge in [0.05, 0.1) is 0 Å². The molecule has 0 amide bonds. The Labute approximate surface area is 381 Å². The molecule has 12 rings (SSSR count). The second kappa shape index (κ2) is 15.2. The van der Waals surface area contributed by atoms with E-state index in [9.17, 15) is 0 Å². The van der Waals surface area contributed by atoms with Crippen molar-refractivity contribution >= 4 is 45.9 Å². The maximum absolute atomic E-state index is 2.65. The van der Waals surface area contributed by atoms with Crippen molar-refractivity contribution in [2.45, 2.75) is 63.2 Å². The van der Waals surface area contributed by atoms with Gasteiger partial charge in [0.25, 0.3) is 0 Å². The van der Waals surface area contributed by atoms with Crippen LogP contribution in [0.3, 0.4) is 0 Å². The first kappa shape index (κ1) is 39.4. The minimum Gasteiger partial charge on any atom is -0.310 e. The van der Waals surface area contributed by atoms with E-state index >= 15 is 0 Å². The number of para-hydroxylation sites is 1. The lowest BCUT2D eigenvalue weighted by Crippen LogP contribution is -2.74. The summed E-state index contributed by atoms with van der Waals surface area (Å²) in [7, 11) is -2.59. The maximum atomic E-state index is 2.65. The zero-order valence-corrected chi connectivity index (χ0v) is 38.4. The van der Waals surface area contributed by atoms with Crippen LogP contribution in [0.15, 0.2) is 212 Å². The van der Waals surface area contributed by atoms with Gasteiger partial charge in [-0.2, -0.15) is 0 Å². The molecule has 2 heteroatoms. The first-order valence-corrected chi connectivity index (χ1v) is 25.9. The van der Waals surface area contributed by atoms with Gasteiger partial charge in [-0.05, 0) is 146 Å². The summed E-state index contributed by atoms with van der Waals surface area (Å²) in [5, 5.41) is 5.57. The molecule has 4 aliphatic rings. The standard InChI is InChI=1S/C62H57NSi/c1-43-38-47-40-46-41-48(39-43)62(47)59-27-17-16-26-58(59)61(2,3)57-37-34-51(42-56(57)60(46)62)63(49-18-8-4-9-19-49)50-32-28-44(29-33-50)45-30-35-55(36-31-45)64(52-20-10-5-11-21-52,53-22-12-6-13-23-53)54-24-14-7-15-25-54/h4-37,42-43,46-48,60H,38-41H2,1-3H3/t43?,46?,47-,48-,60?,62?/m1/s1. The van der Waals surface area contributed by atoms with E-state index in [4.69, 9.17) is 0 Å². The SMILES string of the molecule is CC1C[C@@H]2CC3C[C@@H](C1)C21c2ccccc2C(C)(C)c2ccc(N(c4ccccc4)c4ccc(-c5ccc([Si](c6ccccc6)(c6ccccc6)c6ccccc6)cc5)cc4)cc2C31. The summed E-state index contributed by atoms with van der Waals surface area (Å²) in [6.45, 7) is 7.53. The lowest BCUT2D eigenvalue weighted by Gasteiger charge is -2.50. The van der Waals surface area contributed by atoms with E-state index in [1.165, 1.54) is 80.2 Å². The molecule has 1 nitrogen and oxygen atoms in total. The molecule has 1 spiro atoms. The molecule has 8 aromatic rings. The molecule has 0 heterocycles. The maximum Gasteiger partial charge on any atom is 0.179 e. The van der Waals surface area contributed by atoms with E-state index in [0.29, 0.717) is 5.92 Å². The van der Waals surface area contributed by atoms with E-state index in [0.717, 1.165) is 23.7 Å². The Kier molecular flexibility index (Phi) is 9.36. The quantitative estimate of drug-likeness (QED) is 0.109. The van der Waals surface area contributed by atoms with E-state index in [-0.39, 0.29) is 10.8 Å². The van der Waals surface area contributed by atoms with Gasteiger partial charge in [0.1, 0.15) is 0 Å². The predicted molar refractivity (Wildman–Crippen MR) is 271 cm³/mol. The first-order chi connectivity index (χ1) is 31.4. The lowest BCUT2D eigenvalue weighted by atomic mass is 9.53. The zero-order valence-electron chi connectivity index (χ0n) is 37.4. The van der Waals surface area contributed by atoms with Gasteiger partial charge in [0, 0.05) is 27.9 Å². The molecule has 3 saturated carbocycles. The van der Waals surface area contributed by atoms with E-state index in [1.807, 2.05) is 0 Å². The normalized spacial score (nSPS) is 23.6. The van der Waals surface area contributed by atoms with E-state index in [1.54, 1.807) is 16.7 Å². The molecule has 3 atom stereocenters. The Morgan fingerprint density at radius 3 is 1.41 bits per heavy atom. The van der Waals surface area contributed by atoms with Crippen molar-refractivity contribution in [3.63, 3.8) is 0 Å². The molecule has 3 fully saturated rings. The van der Waals surface area contributed by atoms with Gasteiger partial charge in [-0.3, -0.25) is 0 Å². The molecule has 8 aromatic carbocycles. The topological polar surface area (TPSA) is 3.24 Å². The van der Waals surface area contributed by atoms with Crippen LogP contribution in [0.5, 0.6) is 0 Å². The van der Waals surface area contributed by atoms with Crippen molar-refractivity contribution in [3.8, 4) is 11.1 Å². The molecule has 0 N–H and O–H groups in total. The molecule has 0 aliphatic heterocycles. The number of fused-ring (bicyclic) bond motifs is 2. The molecular weight excluding hydrogens is 787 g/mol. The molecule has 1 unspecified atom stereocenters. The third kappa shape index (κ3) is 5.81. The summed E-state index contributed by atoms with van der Waals surface area (Å²) in [5.74, 6) is 3.64. The second-order valence-electron chi connectivity index (χ2n) is 20.2. The summed E-state index contributed by atoms with van der Waals surface area (Å²) in [5.41, 5.74) is 12.6. The number of hydrogen-bond donors (Lipinski definition) is 0. The van der Waals surface area contributed by atoms with Gasteiger partial charge >= 0.3 is 0 Å². The number of benzene rings is 8. The number of anilines is 3. The fraction of sp³-hybridized carbons (Fsp3) is 0.226. The third-order valence-corrected chi connectivity index (χ3v) is 21.5. The van der Waals surface area contributed by atoms with Crippen molar-refractivity contribution in [1.82, 2.24) is 0 Å². The van der Waals surface area contributed by atoms with Crippen LogP contribution < -0.4 is 25.6 Å². The largest absolute Gasteiger partial charge is 0.310 e. The van der Waals surface area contributed by atoms with Crippen LogP contribution >= 0.6 is 0 Å². The zero-order chi connectivity index (χ0) is 43.0. The highest BCUT2D eigenvalue weighted by Gasteiger charge is 2.68. The number of nitrogens with zero attached hydrogens (tertiary/aromatic N) is 1. The van der Waals surface area contributed by atoms with Gasteiger partial charge < -0.3 is 4.90 Å². The summed E-state index contributed by atoms with van der Waals surface area (Å²) in [6, 6.07) is 80.8. The van der Waals surface area contributed by atoms with Gasteiger partial charge in [0.2, 0.25) is 0 Å². The van der Waals surface area contributed by atoms with Crippen molar-refractivity contribution in [1.29, 1.82) is 0 Å². The average Bonchev–Trinajstić information content (AvgIpc) is 3.83. The van der Waals surface area contributed by atoms with Gasteiger partial charge in [-0.15, -0.1) is 0 Å². The van der Waals surface area contributed by atoms with Crippen molar-refractivity contribution in [2.75, 3.05) is 4.90 Å². The Balaban J connectivity index is 0.945. The third-order valence-electron chi connectivity index (χ3n) is 16.7. The Morgan fingerprint density at radius 1 is 0.422 bits per heavy atom. The van der Waals surface area contributed by atoms with Crippen molar-refractivity contribution in [3.05, 3.63) is 235 Å². The average molecular weight is 844 g/mol. The van der Waals surface area contributed by atoms with Crippen LogP contribution in [0, 0.1) is 23.7 Å². The second-order valence-corrected chi connectivity index (χ2v) is 24.0. The molecule has 4 aliphatic carbocycles. The summed E-state index contributed by atoms with van der Waals surface area (Å²) >= 11 is 0. The smallest absolute Gasteiger partial charge is 0.179 e. The molecule has 0 radical (unpaired) electrons. The van der Waals surface area contributed by atoms with E-state index in [2.05, 4.69) is 238 Å². The highest BCUT2D eigenvalue weighted by atomic mass is 28.3.